The predicted molar refractivity (Wildman–Crippen MR) is 63.5 cm³/mol. The molecule has 0 heterocycles. The molecule has 1 aromatic carbocycles. The molecule has 90 valence electrons. The highest BCUT2D eigenvalue weighted by atomic mass is 19.1. The van der Waals surface area contributed by atoms with E-state index in [0.29, 0.717) is 5.56 Å². The van der Waals surface area contributed by atoms with Crippen LogP contribution in [0.5, 0.6) is 0 Å². The highest BCUT2D eigenvalue weighted by Gasteiger charge is 2.24. The van der Waals surface area contributed by atoms with Crippen LogP contribution in [-0.2, 0) is 0 Å². The van der Waals surface area contributed by atoms with Gasteiger partial charge in [0.05, 0.1) is 12.1 Å². The third kappa shape index (κ3) is 2.80. The summed E-state index contributed by atoms with van der Waals surface area (Å²) < 4.78 is 13.6. The molecule has 2 nitrogen and oxygen atoms in total. The first-order valence-electron chi connectivity index (χ1n) is 5.67. The van der Waals surface area contributed by atoms with E-state index in [9.17, 15) is 9.50 Å². The van der Waals surface area contributed by atoms with Gasteiger partial charge in [0.25, 0.3) is 0 Å². The Morgan fingerprint density at radius 1 is 1.44 bits per heavy atom. The molecular formula is C13H20FNO. The highest BCUT2D eigenvalue weighted by molar-refractivity contribution is 5.27. The van der Waals surface area contributed by atoms with Gasteiger partial charge in [0.2, 0.25) is 0 Å². The lowest BCUT2D eigenvalue weighted by molar-refractivity contribution is 0.0867. The zero-order valence-electron chi connectivity index (χ0n) is 10.1. The minimum absolute atomic E-state index is 0.0647. The lowest BCUT2D eigenvalue weighted by Crippen LogP contribution is -2.32. The Balaban J connectivity index is 2.95. The van der Waals surface area contributed by atoms with Crippen molar-refractivity contribution in [2.24, 2.45) is 11.7 Å². The molecule has 3 N–H and O–H groups in total. The van der Waals surface area contributed by atoms with Gasteiger partial charge < -0.3 is 10.8 Å². The lowest BCUT2D eigenvalue weighted by Gasteiger charge is -2.24. The maximum atomic E-state index is 13.6. The highest BCUT2D eigenvalue weighted by Crippen LogP contribution is 2.24. The molecule has 0 amide bonds. The SMILES string of the molecule is CCC(C)[C@H](O)[C@H](N)c1cc(C)ccc1F. The van der Waals surface area contributed by atoms with Crippen molar-refractivity contribution in [1.82, 2.24) is 0 Å². The molecule has 0 aromatic heterocycles. The standard InChI is InChI=1S/C13H20FNO/c1-4-9(3)13(16)12(15)10-7-8(2)5-6-11(10)14/h5-7,9,12-13,16H,4,15H2,1-3H3/t9?,12-,13+/m1/s1. The molecule has 0 bridgehead atoms. The number of aryl methyl sites for hydroxylation is 1. The van der Waals surface area contributed by atoms with Crippen molar-refractivity contribution in [3.05, 3.63) is 35.1 Å². The van der Waals surface area contributed by atoms with Crippen LogP contribution in [0.15, 0.2) is 18.2 Å². The third-order valence-electron chi connectivity index (χ3n) is 3.11. The van der Waals surface area contributed by atoms with Crippen molar-refractivity contribution >= 4 is 0 Å². The van der Waals surface area contributed by atoms with Crippen molar-refractivity contribution < 1.29 is 9.50 Å². The zero-order chi connectivity index (χ0) is 12.3. The van der Waals surface area contributed by atoms with E-state index in [4.69, 9.17) is 5.73 Å². The summed E-state index contributed by atoms with van der Waals surface area (Å²) in [7, 11) is 0. The summed E-state index contributed by atoms with van der Waals surface area (Å²) in [4.78, 5) is 0. The van der Waals surface area contributed by atoms with Gasteiger partial charge in [-0.3, -0.25) is 0 Å². The number of nitrogens with two attached hydrogens (primary N) is 1. The number of aliphatic hydroxyl groups excluding tert-OH is 1. The molecule has 16 heavy (non-hydrogen) atoms. The third-order valence-corrected chi connectivity index (χ3v) is 3.11. The Labute approximate surface area is 96.3 Å². The van der Waals surface area contributed by atoms with Crippen LogP contribution in [0.25, 0.3) is 0 Å². The minimum atomic E-state index is -0.707. The summed E-state index contributed by atoms with van der Waals surface area (Å²) in [5, 5.41) is 9.96. The van der Waals surface area contributed by atoms with Gasteiger partial charge in [-0.2, -0.15) is 0 Å². The van der Waals surface area contributed by atoms with E-state index in [1.165, 1.54) is 6.07 Å². The van der Waals surface area contributed by atoms with E-state index in [1.807, 2.05) is 20.8 Å². The van der Waals surface area contributed by atoms with Crippen LogP contribution in [0.2, 0.25) is 0 Å². The van der Waals surface area contributed by atoms with Crippen LogP contribution in [0.4, 0.5) is 4.39 Å². The van der Waals surface area contributed by atoms with E-state index < -0.39 is 12.1 Å². The first kappa shape index (κ1) is 13.1. The molecule has 1 aromatic rings. The van der Waals surface area contributed by atoms with Gasteiger partial charge in [-0.25, -0.2) is 4.39 Å². The number of hydrogen-bond donors (Lipinski definition) is 2. The van der Waals surface area contributed by atoms with Gasteiger partial charge in [0.15, 0.2) is 0 Å². The van der Waals surface area contributed by atoms with Crippen molar-refractivity contribution in [3.8, 4) is 0 Å². The zero-order valence-corrected chi connectivity index (χ0v) is 10.1. The van der Waals surface area contributed by atoms with Crippen LogP contribution in [0, 0.1) is 18.7 Å². The number of halogens is 1. The number of aliphatic hydroxyl groups is 1. The summed E-state index contributed by atoms with van der Waals surface area (Å²) in [6.07, 6.45) is 0.115. The fourth-order valence-corrected chi connectivity index (χ4v) is 1.70. The fourth-order valence-electron chi connectivity index (χ4n) is 1.70. The maximum absolute atomic E-state index is 13.6. The Bertz CT molecular complexity index is 354. The van der Waals surface area contributed by atoms with Crippen LogP contribution < -0.4 is 5.73 Å². The molecule has 0 saturated carbocycles. The molecule has 0 aliphatic heterocycles. The van der Waals surface area contributed by atoms with Gasteiger partial charge in [0, 0.05) is 5.56 Å². The van der Waals surface area contributed by atoms with Gasteiger partial charge >= 0.3 is 0 Å². The Hall–Kier alpha value is -0.930. The second-order valence-electron chi connectivity index (χ2n) is 4.43. The van der Waals surface area contributed by atoms with Crippen molar-refractivity contribution in [3.63, 3.8) is 0 Å². The molecule has 0 radical (unpaired) electrons. The normalized spacial score (nSPS) is 16.9. The van der Waals surface area contributed by atoms with E-state index in [-0.39, 0.29) is 11.7 Å². The van der Waals surface area contributed by atoms with Crippen LogP contribution >= 0.6 is 0 Å². The second-order valence-corrected chi connectivity index (χ2v) is 4.43. The van der Waals surface area contributed by atoms with E-state index in [0.717, 1.165) is 12.0 Å². The minimum Gasteiger partial charge on any atom is -0.391 e. The molecule has 0 saturated heterocycles. The molecule has 0 aliphatic carbocycles. The van der Waals surface area contributed by atoms with Crippen LogP contribution in [0.1, 0.15) is 37.4 Å². The lowest BCUT2D eigenvalue weighted by atomic mass is 9.91. The topological polar surface area (TPSA) is 46.2 Å². The summed E-state index contributed by atoms with van der Waals surface area (Å²) in [6, 6.07) is 4.13. The molecule has 3 atom stereocenters. The molecule has 0 spiro atoms. The Kier molecular flexibility index (Phi) is 4.44. The molecule has 1 unspecified atom stereocenters. The van der Waals surface area contributed by atoms with E-state index in [1.54, 1.807) is 12.1 Å². The van der Waals surface area contributed by atoms with Gasteiger partial charge in [-0.1, -0.05) is 38.0 Å². The van der Waals surface area contributed by atoms with Gasteiger partial charge in [-0.15, -0.1) is 0 Å². The summed E-state index contributed by atoms with van der Waals surface area (Å²) in [5.41, 5.74) is 7.24. The maximum Gasteiger partial charge on any atom is 0.128 e. The van der Waals surface area contributed by atoms with Crippen LogP contribution in [0.3, 0.4) is 0 Å². The van der Waals surface area contributed by atoms with Gasteiger partial charge in [-0.05, 0) is 18.9 Å². The fraction of sp³-hybridized carbons (Fsp3) is 0.538. The molecule has 1 rings (SSSR count). The smallest absolute Gasteiger partial charge is 0.128 e. The predicted octanol–water partition coefficient (Wildman–Crippen LogP) is 2.54. The quantitative estimate of drug-likeness (QED) is 0.827. The second kappa shape index (κ2) is 5.41. The number of hydrogen-bond acceptors (Lipinski definition) is 2. The number of rotatable bonds is 4. The molecular weight excluding hydrogens is 205 g/mol. The van der Waals surface area contributed by atoms with Crippen molar-refractivity contribution in [2.45, 2.75) is 39.3 Å². The summed E-state index contributed by atoms with van der Waals surface area (Å²) in [6.45, 7) is 5.77. The molecule has 0 fully saturated rings. The number of benzene rings is 1. The van der Waals surface area contributed by atoms with E-state index in [2.05, 4.69) is 0 Å². The Morgan fingerprint density at radius 3 is 2.62 bits per heavy atom. The summed E-state index contributed by atoms with van der Waals surface area (Å²) >= 11 is 0. The first-order valence-corrected chi connectivity index (χ1v) is 5.67. The first-order chi connectivity index (χ1) is 7.47. The summed E-state index contributed by atoms with van der Waals surface area (Å²) in [5.74, 6) is -0.282. The largest absolute Gasteiger partial charge is 0.391 e. The average Bonchev–Trinajstić information content (AvgIpc) is 2.29. The van der Waals surface area contributed by atoms with Crippen molar-refractivity contribution in [1.29, 1.82) is 0 Å². The van der Waals surface area contributed by atoms with E-state index >= 15 is 0 Å². The van der Waals surface area contributed by atoms with Gasteiger partial charge in [0.1, 0.15) is 5.82 Å². The average molecular weight is 225 g/mol. The molecule has 3 heteroatoms. The Morgan fingerprint density at radius 2 is 2.06 bits per heavy atom. The monoisotopic (exact) mass is 225 g/mol. The molecule has 0 aliphatic rings. The van der Waals surface area contributed by atoms with Crippen molar-refractivity contribution in [2.75, 3.05) is 0 Å². The van der Waals surface area contributed by atoms with Crippen LogP contribution in [-0.4, -0.2) is 11.2 Å².